The summed E-state index contributed by atoms with van der Waals surface area (Å²) in [6.07, 6.45) is 14.8. The zero-order chi connectivity index (χ0) is 50.3. The van der Waals surface area contributed by atoms with Crippen molar-refractivity contribution in [1.29, 1.82) is 0 Å². The van der Waals surface area contributed by atoms with Crippen molar-refractivity contribution in [3.8, 4) is 0 Å². The molecule has 3 saturated heterocycles. The van der Waals surface area contributed by atoms with E-state index in [1.54, 1.807) is 4.90 Å². The molecule has 12 rings (SSSR count). The van der Waals surface area contributed by atoms with Crippen molar-refractivity contribution < 1.29 is 37.7 Å². The summed E-state index contributed by atoms with van der Waals surface area (Å²) in [7, 11) is -0.935. The Morgan fingerprint density at radius 3 is 1.58 bits per heavy atom. The SMILES string of the molecule is CC(C)(C)OC(=O)N1CCCC[C@H]1CNC(=O)N[C@@H](Cc1ccccc1)B1O[C@@H]2C[C@@H]3C[C@@H](C3(C)C)[C@]2(C)O1.CC1(C)[C@@H]2C[C@H]3OB([C@H](Cc4ccccc4)NC(=O)NCC4CCCCC4)O[C@@]3(C)[C@H]1C2. The summed E-state index contributed by atoms with van der Waals surface area (Å²) in [6.45, 7) is 21.3. The third-order valence-corrected chi connectivity index (χ3v) is 18.9. The topological polar surface area (TPSA) is 149 Å². The van der Waals surface area contributed by atoms with Crippen molar-refractivity contribution in [2.45, 2.75) is 199 Å². The van der Waals surface area contributed by atoms with Gasteiger partial charge < -0.3 is 49.5 Å². The number of carbonyl (C=O) groups is 3. The summed E-state index contributed by atoms with van der Waals surface area (Å²) in [5.41, 5.74) is 1.70. The van der Waals surface area contributed by atoms with Gasteiger partial charge in [0.15, 0.2) is 0 Å². The van der Waals surface area contributed by atoms with Crippen molar-refractivity contribution in [2.24, 2.45) is 40.4 Å². The highest BCUT2D eigenvalue weighted by molar-refractivity contribution is 6.48. The molecule has 10 aliphatic rings. The van der Waals surface area contributed by atoms with Crippen LogP contribution in [0, 0.1) is 40.4 Å². The first-order chi connectivity index (χ1) is 33.7. The van der Waals surface area contributed by atoms with Gasteiger partial charge in [0.05, 0.1) is 41.3 Å². The van der Waals surface area contributed by atoms with Gasteiger partial charge in [0, 0.05) is 19.6 Å². The number of ether oxygens (including phenoxy) is 1. The second kappa shape index (κ2) is 20.9. The number of benzene rings is 2. The molecule has 2 aromatic carbocycles. The van der Waals surface area contributed by atoms with Crippen LogP contribution in [0.1, 0.15) is 150 Å². The van der Waals surface area contributed by atoms with Crippen molar-refractivity contribution in [3.63, 3.8) is 0 Å². The molecule has 388 valence electrons. The quantitative estimate of drug-likeness (QED) is 0.154. The average molecular weight is 978 g/mol. The van der Waals surface area contributed by atoms with Crippen LogP contribution in [0.5, 0.6) is 0 Å². The Morgan fingerprint density at radius 2 is 1.11 bits per heavy atom. The molecule has 10 fully saturated rings. The fraction of sp³-hybridized carbons (Fsp3) is 0.732. The average Bonchev–Trinajstić information content (AvgIpc) is 3.90. The van der Waals surface area contributed by atoms with Crippen molar-refractivity contribution in [2.75, 3.05) is 19.6 Å². The molecule has 0 spiro atoms. The van der Waals surface area contributed by atoms with Gasteiger partial charge in [-0.05, 0) is 157 Å². The molecular weight excluding hydrogens is 892 g/mol. The van der Waals surface area contributed by atoms with Crippen LogP contribution in [0.3, 0.4) is 0 Å². The minimum atomic E-state index is -0.556. The van der Waals surface area contributed by atoms with Gasteiger partial charge >= 0.3 is 32.4 Å². The molecule has 11 atom stereocenters. The van der Waals surface area contributed by atoms with Crippen LogP contribution in [0.2, 0.25) is 0 Å². The predicted octanol–water partition coefficient (Wildman–Crippen LogP) is 9.70. The van der Waals surface area contributed by atoms with Gasteiger partial charge in [0.25, 0.3) is 0 Å². The zero-order valence-electron chi connectivity index (χ0n) is 44.4. The summed E-state index contributed by atoms with van der Waals surface area (Å²) in [4.78, 5) is 40.7. The Labute approximate surface area is 425 Å². The number of amides is 5. The number of piperidine rings is 1. The molecule has 0 radical (unpaired) electrons. The summed E-state index contributed by atoms with van der Waals surface area (Å²) < 4.78 is 32.1. The maximum Gasteiger partial charge on any atom is 0.482 e. The van der Waals surface area contributed by atoms with Gasteiger partial charge in [-0.2, -0.15) is 0 Å². The summed E-state index contributed by atoms with van der Waals surface area (Å²) >= 11 is 0. The molecule has 0 aromatic heterocycles. The van der Waals surface area contributed by atoms with E-state index in [-0.39, 0.29) is 64.9 Å². The van der Waals surface area contributed by atoms with Crippen LogP contribution in [0.15, 0.2) is 60.7 Å². The lowest BCUT2D eigenvalue weighted by molar-refractivity contribution is -0.199. The molecule has 13 nitrogen and oxygen atoms in total. The standard InChI is InChI=1S/C30H46BN3O5.C26H39BN2O3/c1-28(2,3)37-27(36)34-15-11-10-14-22(34)19-32-26(35)33-25(16-20-12-8-7-9-13-20)31-38-24-18-21-17-23(29(21,4)5)30(24,6)39-31;1-25(2)20-15-21(25)26(3)22(16-20)31-27(32-26)23(14-18-10-6-4-7-11-18)29-24(30)28-17-19-12-8-5-9-13-19/h7-9,12-13,21-25H,10-11,14-19H2,1-6H3,(H2,32,33,35);4,6-7,10-11,19-23H,5,8-9,12-17H2,1-3H3,(H2,28,29,30)/t21-,22-,23-,24+,25-,30-;20-,21-,22+,23-,26-/m00/s1. The first-order valence-corrected chi connectivity index (χ1v) is 27.6. The van der Waals surface area contributed by atoms with E-state index in [9.17, 15) is 14.4 Å². The summed E-state index contributed by atoms with van der Waals surface area (Å²) in [6, 6.07) is 20.0. The Kier molecular flexibility index (Phi) is 15.3. The van der Waals surface area contributed by atoms with Crippen LogP contribution < -0.4 is 21.3 Å². The Balaban J connectivity index is 0.000000179. The highest BCUT2D eigenvalue weighted by Gasteiger charge is 2.70. The zero-order valence-corrected chi connectivity index (χ0v) is 44.4. The summed E-state index contributed by atoms with van der Waals surface area (Å²) in [5, 5.41) is 12.6. The first kappa shape index (κ1) is 52.1. The molecule has 3 heterocycles. The lowest BCUT2D eigenvalue weighted by Crippen LogP contribution is -2.65. The van der Waals surface area contributed by atoms with E-state index in [1.165, 1.54) is 50.5 Å². The number of rotatable bonds is 12. The molecule has 7 aliphatic carbocycles. The van der Waals surface area contributed by atoms with Gasteiger partial charge in [0.2, 0.25) is 0 Å². The normalized spacial score (nSPS) is 33.1. The predicted molar refractivity (Wildman–Crippen MR) is 278 cm³/mol. The van der Waals surface area contributed by atoms with E-state index < -0.39 is 19.8 Å². The lowest BCUT2D eigenvalue weighted by Gasteiger charge is -2.64. The smallest absolute Gasteiger partial charge is 0.444 e. The number of nitrogens with zero attached hydrogens (tertiary/aromatic N) is 1. The Morgan fingerprint density at radius 1 is 0.648 bits per heavy atom. The highest BCUT2D eigenvalue weighted by Crippen LogP contribution is 2.67. The van der Waals surface area contributed by atoms with Crippen LogP contribution in [0.25, 0.3) is 0 Å². The maximum absolute atomic E-state index is 13.3. The minimum absolute atomic E-state index is 0.0482. The van der Waals surface area contributed by atoms with Gasteiger partial charge in [-0.25, -0.2) is 14.4 Å². The van der Waals surface area contributed by atoms with E-state index >= 15 is 0 Å². The minimum Gasteiger partial charge on any atom is -0.444 e. The Bertz CT molecular complexity index is 2160. The molecule has 0 unspecified atom stereocenters. The van der Waals surface area contributed by atoms with Gasteiger partial charge in [-0.1, -0.05) is 108 Å². The van der Waals surface area contributed by atoms with Crippen molar-refractivity contribution in [3.05, 3.63) is 71.8 Å². The third kappa shape index (κ3) is 11.2. The summed E-state index contributed by atoms with van der Waals surface area (Å²) in [5.74, 6) is 2.39. The van der Waals surface area contributed by atoms with Gasteiger partial charge in [-0.3, -0.25) is 0 Å². The van der Waals surface area contributed by atoms with Gasteiger partial charge in [-0.15, -0.1) is 0 Å². The molecular formula is C56H85B2N5O8. The second-order valence-corrected chi connectivity index (χ2v) is 25.3. The van der Waals surface area contributed by atoms with E-state index in [0.717, 1.165) is 44.2 Å². The molecule has 4 bridgehead atoms. The monoisotopic (exact) mass is 978 g/mol. The molecule has 5 amide bonds. The van der Waals surface area contributed by atoms with Crippen molar-refractivity contribution >= 4 is 32.4 Å². The molecule has 3 aliphatic heterocycles. The molecule has 7 saturated carbocycles. The number of hydrogen-bond acceptors (Lipinski definition) is 8. The molecule has 71 heavy (non-hydrogen) atoms. The van der Waals surface area contributed by atoms with Crippen LogP contribution >= 0.6 is 0 Å². The fourth-order valence-corrected chi connectivity index (χ4v) is 14.4. The number of likely N-dealkylation sites (tertiary alicyclic amines) is 1. The Hall–Kier alpha value is -3.78. The highest BCUT2D eigenvalue weighted by atomic mass is 16.7. The molecule has 2 aromatic rings. The van der Waals surface area contributed by atoms with Crippen molar-refractivity contribution in [1.82, 2.24) is 26.2 Å². The molecule has 15 heteroatoms. The van der Waals surface area contributed by atoms with Gasteiger partial charge in [0.1, 0.15) is 5.60 Å². The van der Waals surface area contributed by atoms with E-state index in [0.29, 0.717) is 60.9 Å². The van der Waals surface area contributed by atoms with Crippen LogP contribution in [0.4, 0.5) is 14.4 Å². The van der Waals surface area contributed by atoms with E-state index in [2.05, 4.69) is 87.1 Å². The largest absolute Gasteiger partial charge is 0.482 e. The number of urea groups is 2. The molecule has 4 N–H and O–H groups in total. The van der Waals surface area contributed by atoms with E-state index in [4.69, 9.17) is 23.4 Å². The number of hydrogen-bond donors (Lipinski definition) is 4. The second-order valence-electron chi connectivity index (χ2n) is 25.3. The lowest BCUT2D eigenvalue weighted by atomic mass is 9.43. The van der Waals surface area contributed by atoms with Crippen LogP contribution in [-0.4, -0.2) is 104 Å². The van der Waals surface area contributed by atoms with E-state index in [1.807, 2.05) is 57.2 Å². The fourth-order valence-electron chi connectivity index (χ4n) is 14.4. The number of nitrogens with one attached hydrogen (secondary N) is 4. The first-order valence-electron chi connectivity index (χ1n) is 27.6. The van der Waals surface area contributed by atoms with Crippen LogP contribution in [-0.2, 0) is 36.2 Å². The number of carbonyl (C=O) groups excluding carboxylic acids is 3. The third-order valence-electron chi connectivity index (χ3n) is 18.9. The maximum atomic E-state index is 13.3.